The molecule has 1 heterocycles. The van der Waals surface area contributed by atoms with Gasteiger partial charge in [-0.3, -0.25) is 0 Å². The first-order valence-electron chi connectivity index (χ1n) is 11.6. The summed E-state index contributed by atoms with van der Waals surface area (Å²) in [6.07, 6.45) is -0.750. The fourth-order valence-electron chi connectivity index (χ4n) is 3.74. The maximum atomic E-state index is 13.1. The van der Waals surface area contributed by atoms with Crippen LogP contribution in [-0.4, -0.2) is 22.0 Å². The summed E-state index contributed by atoms with van der Waals surface area (Å²) in [6.45, 7) is 7.55. The quantitative estimate of drug-likeness (QED) is 0.344. The third kappa shape index (κ3) is 6.89. The highest BCUT2D eigenvalue weighted by Crippen LogP contribution is 2.29. The Morgan fingerprint density at radius 1 is 1.06 bits per heavy atom. The lowest BCUT2D eigenvalue weighted by Crippen LogP contribution is -2.36. The fourth-order valence-corrected chi connectivity index (χ4v) is 3.74. The highest BCUT2D eigenvalue weighted by atomic mass is 19.4. The molecule has 0 atom stereocenters. The molecule has 0 radical (unpaired) electrons. The molecule has 0 aliphatic carbocycles. The van der Waals surface area contributed by atoms with Gasteiger partial charge >= 0.3 is 12.2 Å². The number of urea groups is 1. The van der Waals surface area contributed by atoms with Crippen LogP contribution in [-0.2, 0) is 19.3 Å². The summed E-state index contributed by atoms with van der Waals surface area (Å²) >= 11 is 0. The lowest BCUT2D eigenvalue weighted by molar-refractivity contribution is -0.137. The molecule has 2 aromatic carbocycles. The molecule has 0 fully saturated rings. The van der Waals surface area contributed by atoms with E-state index in [9.17, 15) is 18.0 Å². The molecule has 1 aromatic heterocycles. The molecule has 0 saturated heterocycles. The van der Waals surface area contributed by atoms with E-state index in [1.807, 2.05) is 47.2 Å². The summed E-state index contributed by atoms with van der Waals surface area (Å²) in [4.78, 5) is 14.8. The van der Waals surface area contributed by atoms with E-state index in [-0.39, 0.29) is 6.03 Å². The summed E-state index contributed by atoms with van der Waals surface area (Å²) in [5.74, 6) is 0.412. The zero-order valence-corrected chi connectivity index (χ0v) is 19.9. The molecular weight excluding hydrogens is 439 g/mol. The Kier molecular flexibility index (Phi) is 8.42. The van der Waals surface area contributed by atoms with Crippen molar-refractivity contribution in [3.63, 3.8) is 0 Å². The van der Waals surface area contributed by atoms with Gasteiger partial charge in [0.2, 0.25) is 0 Å². The van der Waals surface area contributed by atoms with E-state index in [1.54, 1.807) is 11.0 Å². The molecule has 3 rings (SSSR count). The van der Waals surface area contributed by atoms with Crippen molar-refractivity contribution >= 4 is 11.7 Å². The molecule has 3 aromatic rings. The summed E-state index contributed by atoms with van der Waals surface area (Å²) in [5, 5.41) is 2.98. The highest BCUT2D eigenvalue weighted by Gasteiger charge is 2.30. The number of anilines is 1. The molecule has 34 heavy (non-hydrogen) atoms. The Balaban J connectivity index is 1.73. The Morgan fingerprint density at radius 3 is 2.44 bits per heavy atom. The Labute approximate surface area is 199 Å². The number of rotatable bonds is 9. The van der Waals surface area contributed by atoms with E-state index in [2.05, 4.69) is 26.1 Å². The van der Waals surface area contributed by atoms with Crippen molar-refractivity contribution in [2.24, 2.45) is 0 Å². The summed E-state index contributed by atoms with van der Waals surface area (Å²) in [5.41, 5.74) is 2.69. The summed E-state index contributed by atoms with van der Waals surface area (Å²) < 4.78 is 41.2. The minimum atomic E-state index is -4.38. The van der Waals surface area contributed by atoms with Gasteiger partial charge < -0.3 is 14.8 Å². The van der Waals surface area contributed by atoms with Crippen molar-refractivity contribution in [2.75, 3.05) is 11.9 Å². The molecule has 0 saturated carbocycles. The lowest BCUT2D eigenvalue weighted by Gasteiger charge is -2.24. The van der Waals surface area contributed by atoms with E-state index < -0.39 is 11.7 Å². The van der Waals surface area contributed by atoms with Crippen molar-refractivity contribution in [1.82, 2.24) is 9.47 Å². The average Bonchev–Trinajstić information content (AvgIpc) is 3.23. The number of nitrogens with zero attached hydrogens (tertiary/aromatic N) is 2. The Morgan fingerprint density at radius 2 is 1.79 bits per heavy atom. The lowest BCUT2D eigenvalue weighted by atomic mass is 10.0. The third-order valence-electron chi connectivity index (χ3n) is 5.78. The van der Waals surface area contributed by atoms with Crippen LogP contribution in [0, 0.1) is 0 Å². The third-order valence-corrected chi connectivity index (χ3v) is 5.78. The molecular formula is C27H32F3N3O. The van der Waals surface area contributed by atoms with E-state index in [4.69, 9.17) is 0 Å². The molecule has 7 heteroatoms. The van der Waals surface area contributed by atoms with Crippen molar-refractivity contribution in [3.05, 3.63) is 89.2 Å². The van der Waals surface area contributed by atoms with E-state index in [0.717, 1.165) is 30.3 Å². The SMILES string of the molecule is CCCCN(Cc1cccn1Cc1cccc(C(F)(F)F)c1)C(=O)Nc1ccc(C(C)C)cc1. The molecule has 0 bridgehead atoms. The molecule has 182 valence electrons. The number of halogens is 3. The maximum Gasteiger partial charge on any atom is 0.416 e. The van der Waals surface area contributed by atoms with Crippen LogP contribution in [0.2, 0.25) is 0 Å². The van der Waals surface area contributed by atoms with Gasteiger partial charge in [-0.2, -0.15) is 13.2 Å². The minimum absolute atomic E-state index is 0.197. The number of unbranched alkanes of at least 4 members (excludes halogenated alkanes) is 1. The van der Waals surface area contributed by atoms with Crippen LogP contribution >= 0.6 is 0 Å². The van der Waals surface area contributed by atoms with Gasteiger partial charge in [0.05, 0.1) is 12.1 Å². The molecule has 0 aliphatic heterocycles. The topological polar surface area (TPSA) is 37.3 Å². The van der Waals surface area contributed by atoms with Crippen LogP contribution < -0.4 is 5.32 Å². The number of aromatic nitrogens is 1. The van der Waals surface area contributed by atoms with Gasteiger partial charge in [0.25, 0.3) is 0 Å². The first kappa shape index (κ1) is 25.4. The Hall–Kier alpha value is -3.22. The second-order valence-electron chi connectivity index (χ2n) is 8.81. The zero-order chi connectivity index (χ0) is 24.7. The standard InChI is InChI=1S/C27H32F3N3O/c1-4-5-15-33(26(34)31-24-13-11-22(12-14-24)20(2)3)19-25-10-7-16-32(25)18-21-8-6-9-23(17-21)27(28,29)30/h6-14,16-17,20H,4-5,15,18-19H2,1-3H3,(H,31,34). The van der Waals surface area contributed by atoms with Crippen molar-refractivity contribution in [1.29, 1.82) is 0 Å². The van der Waals surface area contributed by atoms with Crippen LogP contribution in [0.25, 0.3) is 0 Å². The number of carbonyl (C=O) groups is 1. The molecule has 0 spiro atoms. The van der Waals surface area contributed by atoms with Gasteiger partial charge in [-0.1, -0.05) is 51.5 Å². The monoisotopic (exact) mass is 471 g/mol. The highest BCUT2D eigenvalue weighted by molar-refractivity contribution is 5.89. The molecule has 0 aliphatic rings. The largest absolute Gasteiger partial charge is 0.416 e. The first-order chi connectivity index (χ1) is 16.2. The van der Waals surface area contributed by atoms with Gasteiger partial charge in [-0.15, -0.1) is 0 Å². The van der Waals surface area contributed by atoms with Crippen LogP contribution in [0.15, 0.2) is 66.9 Å². The van der Waals surface area contributed by atoms with Crippen molar-refractivity contribution in [3.8, 4) is 0 Å². The molecule has 2 amide bonds. The summed E-state index contributed by atoms with van der Waals surface area (Å²) in [6, 6.07) is 16.7. The maximum absolute atomic E-state index is 13.1. The predicted molar refractivity (Wildman–Crippen MR) is 130 cm³/mol. The van der Waals surface area contributed by atoms with Crippen molar-refractivity contribution in [2.45, 2.75) is 58.8 Å². The van der Waals surface area contributed by atoms with Gasteiger partial charge in [0, 0.05) is 30.7 Å². The number of carbonyl (C=O) groups excluding carboxylic acids is 1. The number of benzene rings is 2. The van der Waals surface area contributed by atoms with Gasteiger partial charge in [0.15, 0.2) is 0 Å². The van der Waals surface area contributed by atoms with Crippen LogP contribution in [0.1, 0.15) is 61.9 Å². The summed E-state index contributed by atoms with van der Waals surface area (Å²) in [7, 11) is 0. The molecule has 4 nitrogen and oxygen atoms in total. The molecule has 1 N–H and O–H groups in total. The van der Waals surface area contributed by atoms with E-state index in [1.165, 1.54) is 17.7 Å². The first-order valence-corrected chi connectivity index (χ1v) is 11.6. The minimum Gasteiger partial charge on any atom is -0.345 e. The fraction of sp³-hybridized carbons (Fsp3) is 0.370. The van der Waals surface area contributed by atoms with Crippen LogP contribution in [0.4, 0.5) is 23.7 Å². The number of hydrogen-bond acceptors (Lipinski definition) is 1. The second-order valence-corrected chi connectivity index (χ2v) is 8.81. The predicted octanol–water partition coefficient (Wildman–Crippen LogP) is 7.51. The smallest absolute Gasteiger partial charge is 0.345 e. The normalized spacial score (nSPS) is 11.6. The Bertz CT molecular complexity index is 1070. The van der Waals surface area contributed by atoms with E-state index in [0.29, 0.717) is 31.1 Å². The molecule has 0 unspecified atom stereocenters. The van der Waals surface area contributed by atoms with Gasteiger partial charge in [0.1, 0.15) is 0 Å². The van der Waals surface area contributed by atoms with Gasteiger partial charge in [-0.05, 0) is 59.9 Å². The number of hydrogen-bond donors (Lipinski definition) is 1. The van der Waals surface area contributed by atoms with Crippen LogP contribution in [0.3, 0.4) is 0 Å². The van der Waals surface area contributed by atoms with Gasteiger partial charge in [-0.25, -0.2) is 4.79 Å². The number of nitrogens with one attached hydrogen (secondary N) is 1. The van der Waals surface area contributed by atoms with E-state index >= 15 is 0 Å². The number of alkyl halides is 3. The number of amides is 2. The van der Waals surface area contributed by atoms with Crippen molar-refractivity contribution < 1.29 is 18.0 Å². The van der Waals surface area contributed by atoms with Crippen LogP contribution in [0.5, 0.6) is 0 Å². The second kappa shape index (κ2) is 11.3. The zero-order valence-electron chi connectivity index (χ0n) is 19.9. The average molecular weight is 472 g/mol.